The van der Waals surface area contributed by atoms with Crippen molar-refractivity contribution in [3.8, 4) is 22.9 Å². The lowest BCUT2D eigenvalue weighted by molar-refractivity contribution is -0.131. The molecule has 3 amide bonds. The van der Waals surface area contributed by atoms with E-state index in [0.717, 1.165) is 13.6 Å². The largest absolute Gasteiger partial charge is 0.497 e. The van der Waals surface area contributed by atoms with Crippen LogP contribution in [0.15, 0.2) is 38.6 Å². The number of benzene rings is 1. The van der Waals surface area contributed by atoms with Gasteiger partial charge in [0.2, 0.25) is 11.7 Å². The number of nitrogens with zero attached hydrogens (tertiary/aromatic N) is 3. The summed E-state index contributed by atoms with van der Waals surface area (Å²) in [5.74, 6) is 1.15. The Bertz CT molecular complexity index is 1130. The Kier molecular flexibility index (Phi) is 5.24. The third-order valence-electron chi connectivity index (χ3n) is 4.75. The van der Waals surface area contributed by atoms with Gasteiger partial charge in [-0.25, -0.2) is 4.79 Å². The minimum Gasteiger partial charge on any atom is -0.497 e. The molecule has 0 spiro atoms. The number of hydrogen-bond acceptors (Lipinski definition) is 8. The number of ether oxygens (including phenoxy) is 2. The first kappa shape index (κ1) is 20.4. The molecule has 0 bridgehead atoms. The Labute approximate surface area is 184 Å². The predicted octanol–water partition coefficient (Wildman–Crippen LogP) is 3.55. The second-order valence-electron chi connectivity index (χ2n) is 6.63. The molecule has 3 aromatic rings. The second-order valence-corrected chi connectivity index (χ2v) is 9.09. The first-order chi connectivity index (χ1) is 14.4. The minimum atomic E-state index is -1.14. The number of amides is 3. The van der Waals surface area contributed by atoms with Crippen LogP contribution in [0.3, 0.4) is 0 Å². The molecule has 0 radical (unpaired) electrons. The number of rotatable bonds is 6. The van der Waals surface area contributed by atoms with Crippen molar-refractivity contribution >= 4 is 39.2 Å². The van der Waals surface area contributed by atoms with Gasteiger partial charge < -0.3 is 19.3 Å². The Morgan fingerprint density at radius 3 is 2.70 bits per heavy atom. The number of hydrogen-bond donors (Lipinski definition) is 1. The number of aromatic nitrogens is 2. The molecule has 1 aromatic carbocycles. The average Bonchev–Trinajstić information content (AvgIpc) is 3.44. The van der Waals surface area contributed by atoms with Crippen LogP contribution in [0.4, 0.5) is 4.79 Å². The number of urea groups is 1. The van der Waals surface area contributed by atoms with Crippen LogP contribution in [0.25, 0.3) is 11.4 Å². The van der Waals surface area contributed by atoms with Crippen molar-refractivity contribution in [3.63, 3.8) is 0 Å². The molecule has 11 heteroatoms. The van der Waals surface area contributed by atoms with E-state index in [1.54, 1.807) is 38.3 Å². The normalized spacial score (nSPS) is 18.6. The molecule has 1 atom stereocenters. The van der Waals surface area contributed by atoms with E-state index in [4.69, 9.17) is 14.0 Å². The van der Waals surface area contributed by atoms with Gasteiger partial charge in [-0.2, -0.15) is 4.98 Å². The summed E-state index contributed by atoms with van der Waals surface area (Å²) in [6.07, 6.45) is 0. The van der Waals surface area contributed by atoms with Gasteiger partial charge in [0.15, 0.2) is 5.54 Å². The smallest absolute Gasteiger partial charge is 0.325 e. The molecule has 0 saturated carbocycles. The number of methoxy groups -OCH3 is 2. The van der Waals surface area contributed by atoms with Crippen LogP contribution in [0, 0.1) is 0 Å². The third kappa shape index (κ3) is 3.43. The van der Waals surface area contributed by atoms with E-state index in [2.05, 4.69) is 31.4 Å². The molecular weight excluding hydrogens is 476 g/mol. The summed E-state index contributed by atoms with van der Waals surface area (Å²) in [6, 6.07) is 8.31. The summed E-state index contributed by atoms with van der Waals surface area (Å²) in [5, 5.41) is 6.71. The molecular formula is C19H17BrN4O5S. The summed E-state index contributed by atoms with van der Waals surface area (Å²) in [6.45, 7) is 1.53. The molecule has 30 heavy (non-hydrogen) atoms. The lowest BCUT2D eigenvalue weighted by atomic mass is 10.0. The van der Waals surface area contributed by atoms with Gasteiger partial charge in [-0.3, -0.25) is 9.69 Å². The van der Waals surface area contributed by atoms with Gasteiger partial charge in [-0.05, 0) is 47.1 Å². The standard InChI is InChI=1S/C19H17BrN4O5S/c1-19(13-6-7-14(20)30-13)17(25)24(18(26)22-19)9-15-21-16(23-29-15)11-5-4-10(27-2)8-12(11)28-3/h4-8H,9H2,1-3H3,(H,22,26). The van der Waals surface area contributed by atoms with Crippen molar-refractivity contribution in [1.82, 2.24) is 20.4 Å². The quantitative estimate of drug-likeness (QED) is 0.524. The zero-order chi connectivity index (χ0) is 21.5. The van der Waals surface area contributed by atoms with E-state index < -0.39 is 11.6 Å². The van der Waals surface area contributed by atoms with Gasteiger partial charge in [0.1, 0.15) is 18.0 Å². The molecule has 1 aliphatic rings. The molecule has 2 aromatic heterocycles. The van der Waals surface area contributed by atoms with Crippen LogP contribution >= 0.6 is 27.3 Å². The van der Waals surface area contributed by atoms with E-state index >= 15 is 0 Å². The number of nitrogens with one attached hydrogen (secondary N) is 1. The molecule has 0 aliphatic carbocycles. The maximum absolute atomic E-state index is 13.0. The van der Waals surface area contributed by atoms with Crippen LogP contribution < -0.4 is 14.8 Å². The summed E-state index contributed by atoms with van der Waals surface area (Å²) in [4.78, 5) is 31.6. The fraction of sp³-hybridized carbons (Fsp3) is 0.263. The topological polar surface area (TPSA) is 107 Å². The zero-order valence-corrected chi connectivity index (χ0v) is 18.7. The van der Waals surface area contributed by atoms with Gasteiger partial charge in [0.05, 0.1) is 23.6 Å². The molecule has 9 nitrogen and oxygen atoms in total. The maximum Gasteiger partial charge on any atom is 0.325 e. The van der Waals surface area contributed by atoms with Gasteiger partial charge in [-0.15, -0.1) is 11.3 Å². The highest BCUT2D eigenvalue weighted by molar-refractivity contribution is 9.11. The van der Waals surface area contributed by atoms with Crippen LogP contribution in [0.2, 0.25) is 0 Å². The van der Waals surface area contributed by atoms with Crippen molar-refractivity contribution in [2.24, 2.45) is 0 Å². The highest BCUT2D eigenvalue weighted by Gasteiger charge is 2.50. The first-order valence-corrected chi connectivity index (χ1v) is 10.4. The van der Waals surface area contributed by atoms with E-state index in [1.165, 1.54) is 18.4 Å². The molecule has 1 fully saturated rings. The van der Waals surface area contributed by atoms with Crippen molar-refractivity contribution < 1.29 is 23.6 Å². The summed E-state index contributed by atoms with van der Waals surface area (Å²) < 4.78 is 16.7. The lowest BCUT2D eigenvalue weighted by Gasteiger charge is -2.19. The number of carbonyl (C=O) groups excluding carboxylic acids is 2. The number of thiophene rings is 1. The highest BCUT2D eigenvalue weighted by atomic mass is 79.9. The molecule has 3 heterocycles. The van der Waals surface area contributed by atoms with E-state index in [9.17, 15) is 9.59 Å². The summed E-state index contributed by atoms with van der Waals surface area (Å²) in [7, 11) is 3.08. The van der Waals surface area contributed by atoms with E-state index in [1.807, 2.05) is 6.07 Å². The third-order valence-corrected chi connectivity index (χ3v) is 6.60. The summed E-state index contributed by atoms with van der Waals surface area (Å²) >= 11 is 4.77. The van der Waals surface area contributed by atoms with Crippen LogP contribution in [0.1, 0.15) is 17.7 Å². The van der Waals surface area contributed by atoms with E-state index in [0.29, 0.717) is 17.1 Å². The molecule has 1 saturated heterocycles. The van der Waals surface area contributed by atoms with Gasteiger partial charge in [-0.1, -0.05) is 5.16 Å². The van der Waals surface area contributed by atoms with Crippen LogP contribution in [-0.4, -0.2) is 41.2 Å². The predicted molar refractivity (Wildman–Crippen MR) is 111 cm³/mol. The monoisotopic (exact) mass is 492 g/mol. The Morgan fingerprint density at radius 1 is 1.23 bits per heavy atom. The van der Waals surface area contributed by atoms with E-state index in [-0.39, 0.29) is 24.2 Å². The number of carbonyl (C=O) groups is 2. The first-order valence-electron chi connectivity index (χ1n) is 8.80. The highest BCUT2D eigenvalue weighted by Crippen LogP contribution is 2.36. The number of halogens is 1. The fourth-order valence-corrected chi connectivity index (χ4v) is 4.62. The second kappa shape index (κ2) is 7.73. The van der Waals surface area contributed by atoms with Gasteiger partial charge in [0, 0.05) is 10.9 Å². The summed E-state index contributed by atoms with van der Waals surface area (Å²) in [5.41, 5.74) is -0.547. The van der Waals surface area contributed by atoms with Gasteiger partial charge >= 0.3 is 6.03 Å². The Hall–Kier alpha value is -2.92. The Balaban J connectivity index is 1.57. The van der Waals surface area contributed by atoms with Crippen LogP contribution in [-0.2, 0) is 16.9 Å². The van der Waals surface area contributed by atoms with Crippen molar-refractivity contribution in [2.45, 2.75) is 19.0 Å². The minimum absolute atomic E-state index is 0.128. The van der Waals surface area contributed by atoms with Crippen LogP contribution in [0.5, 0.6) is 11.5 Å². The molecule has 156 valence electrons. The lowest BCUT2D eigenvalue weighted by Crippen LogP contribution is -2.40. The van der Waals surface area contributed by atoms with Crippen molar-refractivity contribution in [2.75, 3.05) is 14.2 Å². The zero-order valence-electron chi connectivity index (χ0n) is 16.3. The molecule has 1 aliphatic heterocycles. The van der Waals surface area contributed by atoms with Gasteiger partial charge in [0.25, 0.3) is 5.91 Å². The SMILES string of the molecule is COc1ccc(-c2noc(CN3C(=O)NC(C)(c4ccc(Br)s4)C3=O)n2)c(OC)c1. The molecule has 1 N–H and O–H groups in total. The fourth-order valence-electron chi connectivity index (χ4n) is 3.14. The maximum atomic E-state index is 13.0. The van der Waals surface area contributed by atoms with Crippen molar-refractivity contribution in [1.29, 1.82) is 0 Å². The number of imide groups is 1. The Morgan fingerprint density at radius 2 is 2.03 bits per heavy atom. The molecule has 4 rings (SSSR count). The van der Waals surface area contributed by atoms with Crippen molar-refractivity contribution in [3.05, 3.63) is 44.9 Å². The average molecular weight is 493 g/mol. The molecule has 1 unspecified atom stereocenters.